The van der Waals surface area contributed by atoms with Gasteiger partial charge in [0.25, 0.3) is 0 Å². The Morgan fingerprint density at radius 3 is 2.13 bits per heavy atom. The first-order chi connectivity index (χ1) is 7.01. The van der Waals surface area contributed by atoms with Crippen LogP contribution in [-0.2, 0) is 12.8 Å². The number of hydrogen-bond donors (Lipinski definition) is 1. The first-order valence-corrected chi connectivity index (χ1v) is 5.17. The maximum atomic E-state index is 12.7. The van der Waals surface area contributed by atoms with E-state index in [0.29, 0.717) is 12.1 Å². The lowest BCUT2D eigenvalue weighted by Gasteiger charge is -2.10. The van der Waals surface area contributed by atoms with Crippen molar-refractivity contribution in [2.45, 2.75) is 32.1 Å². The molecule has 1 nitrogen and oxygen atoms in total. The fraction of sp³-hybridized carbons (Fsp3) is 0.500. The minimum absolute atomic E-state index is 0.190. The average Bonchev–Trinajstić information content (AvgIpc) is 2.14. The lowest BCUT2D eigenvalue weighted by atomic mass is 10.0. The van der Waals surface area contributed by atoms with Gasteiger partial charge in [0, 0.05) is 6.42 Å². The fourth-order valence-corrected chi connectivity index (χ4v) is 1.49. The lowest BCUT2D eigenvalue weighted by molar-refractivity contribution is 0.0226. The molecule has 1 aromatic rings. The zero-order valence-corrected chi connectivity index (χ0v) is 8.97. The predicted molar refractivity (Wildman–Crippen MR) is 58.1 cm³/mol. The third-order valence-corrected chi connectivity index (χ3v) is 2.21. The van der Waals surface area contributed by atoms with Crippen molar-refractivity contribution in [3.63, 3.8) is 0 Å². The molecule has 0 unspecified atom stereocenters. The topological polar surface area (TPSA) is 26.0 Å². The number of alkyl halides is 2. The standard InChI is InChI=1S/C12H17F2N/c1-12(13,14)9-11-6-4-10(5-7-11)3-2-8-15/h4-7H,2-3,8-9,15H2,1H3. The molecule has 0 amide bonds. The van der Waals surface area contributed by atoms with Crippen molar-refractivity contribution in [3.8, 4) is 0 Å². The summed E-state index contributed by atoms with van der Waals surface area (Å²) in [5, 5.41) is 0. The Morgan fingerprint density at radius 2 is 1.67 bits per heavy atom. The van der Waals surface area contributed by atoms with Crippen molar-refractivity contribution >= 4 is 0 Å². The van der Waals surface area contributed by atoms with Gasteiger partial charge in [0.2, 0.25) is 5.92 Å². The molecule has 0 atom stereocenters. The SMILES string of the molecule is CC(F)(F)Cc1ccc(CCCN)cc1. The van der Waals surface area contributed by atoms with Gasteiger partial charge in [-0.1, -0.05) is 24.3 Å². The van der Waals surface area contributed by atoms with E-state index >= 15 is 0 Å². The molecule has 15 heavy (non-hydrogen) atoms. The van der Waals surface area contributed by atoms with Crippen molar-refractivity contribution < 1.29 is 8.78 Å². The third kappa shape index (κ3) is 4.88. The Kier molecular flexibility index (Phi) is 4.21. The van der Waals surface area contributed by atoms with Crippen LogP contribution in [0.5, 0.6) is 0 Å². The third-order valence-electron chi connectivity index (χ3n) is 2.21. The van der Waals surface area contributed by atoms with Crippen LogP contribution < -0.4 is 5.73 Å². The first-order valence-electron chi connectivity index (χ1n) is 5.17. The molecule has 0 aromatic heterocycles. The highest BCUT2D eigenvalue weighted by Gasteiger charge is 2.21. The summed E-state index contributed by atoms with van der Waals surface area (Å²) in [6, 6.07) is 7.33. The summed E-state index contributed by atoms with van der Waals surface area (Å²) in [6.45, 7) is 1.60. The molecule has 0 spiro atoms. The van der Waals surface area contributed by atoms with E-state index in [2.05, 4.69) is 0 Å². The summed E-state index contributed by atoms with van der Waals surface area (Å²) in [6.07, 6.45) is 1.66. The van der Waals surface area contributed by atoms with Crippen molar-refractivity contribution in [2.75, 3.05) is 6.54 Å². The van der Waals surface area contributed by atoms with E-state index in [4.69, 9.17) is 5.73 Å². The second-order valence-electron chi connectivity index (χ2n) is 3.96. The van der Waals surface area contributed by atoms with Crippen LogP contribution in [0.4, 0.5) is 8.78 Å². The van der Waals surface area contributed by atoms with E-state index in [1.54, 1.807) is 12.1 Å². The van der Waals surface area contributed by atoms with E-state index in [1.807, 2.05) is 12.1 Å². The normalized spacial score (nSPS) is 11.7. The molecule has 0 radical (unpaired) electrons. The van der Waals surface area contributed by atoms with Crippen molar-refractivity contribution in [2.24, 2.45) is 5.73 Å². The van der Waals surface area contributed by atoms with Crippen molar-refractivity contribution in [1.29, 1.82) is 0 Å². The fourth-order valence-electron chi connectivity index (χ4n) is 1.49. The Balaban J connectivity index is 2.56. The Morgan fingerprint density at radius 1 is 1.13 bits per heavy atom. The van der Waals surface area contributed by atoms with Gasteiger partial charge >= 0.3 is 0 Å². The van der Waals surface area contributed by atoms with Gasteiger partial charge in [-0.15, -0.1) is 0 Å². The molecule has 2 N–H and O–H groups in total. The number of benzene rings is 1. The monoisotopic (exact) mass is 213 g/mol. The van der Waals surface area contributed by atoms with Gasteiger partial charge in [-0.25, -0.2) is 8.78 Å². The van der Waals surface area contributed by atoms with Gasteiger partial charge in [0.1, 0.15) is 0 Å². The molecule has 1 rings (SSSR count). The zero-order valence-electron chi connectivity index (χ0n) is 8.97. The largest absolute Gasteiger partial charge is 0.330 e. The molecule has 0 saturated heterocycles. The summed E-state index contributed by atoms with van der Waals surface area (Å²) >= 11 is 0. The number of hydrogen-bond acceptors (Lipinski definition) is 1. The van der Waals surface area contributed by atoms with Gasteiger partial charge in [0.05, 0.1) is 0 Å². The van der Waals surface area contributed by atoms with Crippen LogP contribution in [0.2, 0.25) is 0 Å². The molecular weight excluding hydrogens is 196 g/mol. The van der Waals surface area contributed by atoms with Gasteiger partial charge in [0.15, 0.2) is 0 Å². The van der Waals surface area contributed by atoms with E-state index < -0.39 is 5.92 Å². The molecule has 0 aliphatic carbocycles. The maximum absolute atomic E-state index is 12.7. The highest BCUT2D eigenvalue weighted by Crippen LogP contribution is 2.19. The molecule has 84 valence electrons. The molecule has 0 fully saturated rings. The molecule has 1 aromatic carbocycles. The van der Waals surface area contributed by atoms with E-state index in [1.165, 1.54) is 0 Å². The number of aryl methyl sites for hydroxylation is 1. The maximum Gasteiger partial charge on any atom is 0.249 e. The first kappa shape index (κ1) is 12.1. The van der Waals surface area contributed by atoms with Crippen LogP contribution >= 0.6 is 0 Å². The molecule has 3 heteroatoms. The second-order valence-corrected chi connectivity index (χ2v) is 3.96. The number of rotatable bonds is 5. The summed E-state index contributed by atoms with van der Waals surface area (Å²) < 4.78 is 25.4. The van der Waals surface area contributed by atoms with Gasteiger partial charge in [-0.05, 0) is 37.4 Å². The minimum atomic E-state index is -2.63. The molecule has 0 aliphatic rings. The van der Waals surface area contributed by atoms with E-state index in [0.717, 1.165) is 25.3 Å². The van der Waals surface area contributed by atoms with Gasteiger partial charge in [-0.2, -0.15) is 0 Å². The predicted octanol–water partition coefficient (Wildman–Crippen LogP) is 2.78. The molecule has 0 aliphatic heterocycles. The number of halogens is 2. The lowest BCUT2D eigenvalue weighted by Crippen LogP contribution is -2.13. The Hall–Kier alpha value is -0.960. The zero-order chi connectivity index (χ0) is 11.3. The summed E-state index contributed by atoms with van der Waals surface area (Å²) in [4.78, 5) is 0. The summed E-state index contributed by atoms with van der Waals surface area (Å²) in [5.74, 6) is -2.63. The second kappa shape index (κ2) is 5.21. The van der Waals surface area contributed by atoms with Crippen LogP contribution in [0.25, 0.3) is 0 Å². The number of nitrogens with two attached hydrogens (primary N) is 1. The van der Waals surface area contributed by atoms with Crippen LogP contribution in [0.1, 0.15) is 24.5 Å². The van der Waals surface area contributed by atoms with Gasteiger partial charge < -0.3 is 5.73 Å². The van der Waals surface area contributed by atoms with Gasteiger partial charge in [-0.3, -0.25) is 0 Å². The quantitative estimate of drug-likeness (QED) is 0.799. The Labute approximate surface area is 89.3 Å². The van der Waals surface area contributed by atoms with Crippen LogP contribution in [0.3, 0.4) is 0 Å². The van der Waals surface area contributed by atoms with Crippen LogP contribution in [0, 0.1) is 0 Å². The summed E-state index contributed by atoms with van der Waals surface area (Å²) in [7, 11) is 0. The molecule has 0 saturated carbocycles. The highest BCUT2D eigenvalue weighted by atomic mass is 19.3. The minimum Gasteiger partial charge on any atom is -0.330 e. The summed E-state index contributed by atoms with van der Waals surface area (Å²) in [5.41, 5.74) is 7.23. The van der Waals surface area contributed by atoms with E-state index in [-0.39, 0.29) is 6.42 Å². The van der Waals surface area contributed by atoms with Crippen molar-refractivity contribution in [1.82, 2.24) is 0 Å². The molecule has 0 bridgehead atoms. The average molecular weight is 213 g/mol. The molecular formula is C12H17F2N. The van der Waals surface area contributed by atoms with Crippen LogP contribution in [-0.4, -0.2) is 12.5 Å². The Bertz CT molecular complexity index is 287. The van der Waals surface area contributed by atoms with E-state index in [9.17, 15) is 8.78 Å². The molecule has 0 heterocycles. The van der Waals surface area contributed by atoms with Crippen molar-refractivity contribution in [3.05, 3.63) is 35.4 Å². The highest BCUT2D eigenvalue weighted by molar-refractivity contribution is 5.23. The smallest absolute Gasteiger partial charge is 0.249 e. The van der Waals surface area contributed by atoms with Crippen LogP contribution in [0.15, 0.2) is 24.3 Å².